The van der Waals surface area contributed by atoms with Crippen molar-refractivity contribution in [1.29, 1.82) is 0 Å². The molecule has 0 aromatic carbocycles. The van der Waals surface area contributed by atoms with Gasteiger partial charge in [0.05, 0.1) is 23.8 Å². The molecule has 116 valence electrons. The van der Waals surface area contributed by atoms with Crippen LogP contribution in [0.15, 0.2) is 14.8 Å². The molecule has 1 aromatic rings. The summed E-state index contributed by atoms with van der Waals surface area (Å²) in [6.07, 6.45) is 1.62. The van der Waals surface area contributed by atoms with Crippen molar-refractivity contribution in [3.63, 3.8) is 0 Å². The zero-order valence-electron chi connectivity index (χ0n) is 12.3. The molecule has 0 saturated carbocycles. The fourth-order valence-electron chi connectivity index (χ4n) is 2.54. The van der Waals surface area contributed by atoms with Crippen LogP contribution in [-0.4, -0.2) is 40.1 Å². The molecule has 5 nitrogen and oxygen atoms in total. The van der Waals surface area contributed by atoms with Gasteiger partial charge in [-0.1, -0.05) is 18.7 Å². The maximum Gasteiger partial charge on any atom is 0.268 e. The van der Waals surface area contributed by atoms with Crippen molar-refractivity contribution < 1.29 is 9.47 Å². The highest BCUT2D eigenvalue weighted by Gasteiger charge is 2.26. The van der Waals surface area contributed by atoms with Gasteiger partial charge >= 0.3 is 0 Å². The summed E-state index contributed by atoms with van der Waals surface area (Å²) in [4.78, 5) is 18.1. The van der Waals surface area contributed by atoms with Gasteiger partial charge in [0, 0.05) is 30.4 Å². The van der Waals surface area contributed by atoms with E-state index in [1.165, 1.54) is 0 Å². The Hall–Kier alpha value is -0.500. The van der Waals surface area contributed by atoms with Gasteiger partial charge < -0.3 is 9.47 Å². The minimum atomic E-state index is -0.0932. The third kappa shape index (κ3) is 3.31. The number of fused-ring (bicyclic) bond motifs is 1. The van der Waals surface area contributed by atoms with Gasteiger partial charge in [-0.05, 0) is 6.92 Å². The first-order valence-corrected chi connectivity index (χ1v) is 9.22. The van der Waals surface area contributed by atoms with Crippen molar-refractivity contribution in [2.45, 2.75) is 54.8 Å². The van der Waals surface area contributed by atoms with E-state index < -0.39 is 0 Å². The summed E-state index contributed by atoms with van der Waals surface area (Å²) in [7, 11) is 0. The van der Waals surface area contributed by atoms with E-state index in [0.29, 0.717) is 25.0 Å². The summed E-state index contributed by atoms with van der Waals surface area (Å²) in [5.74, 6) is 0.846. The smallest absolute Gasteiger partial charge is 0.268 e. The molecule has 0 spiro atoms. The van der Waals surface area contributed by atoms with Gasteiger partial charge in [-0.15, -0.1) is 11.8 Å². The summed E-state index contributed by atoms with van der Waals surface area (Å²) in [6, 6.07) is 0. The summed E-state index contributed by atoms with van der Waals surface area (Å²) >= 11 is 3.28. The van der Waals surface area contributed by atoms with Crippen LogP contribution in [0.25, 0.3) is 0 Å². The van der Waals surface area contributed by atoms with Gasteiger partial charge in [-0.3, -0.25) is 9.36 Å². The van der Waals surface area contributed by atoms with Crippen molar-refractivity contribution >= 4 is 23.5 Å². The molecule has 0 radical (unpaired) electrons. The number of hydrogen-bond acceptors (Lipinski definition) is 6. The van der Waals surface area contributed by atoms with Crippen LogP contribution in [0.1, 0.15) is 26.0 Å². The van der Waals surface area contributed by atoms with E-state index in [2.05, 4.69) is 6.92 Å². The Morgan fingerprint density at radius 3 is 2.90 bits per heavy atom. The van der Waals surface area contributed by atoms with Gasteiger partial charge in [-0.25, -0.2) is 4.98 Å². The van der Waals surface area contributed by atoms with E-state index in [4.69, 9.17) is 14.5 Å². The molecular weight excluding hydrogens is 308 g/mol. The summed E-state index contributed by atoms with van der Waals surface area (Å²) < 4.78 is 12.6. The molecule has 2 aliphatic heterocycles. The van der Waals surface area contributed by atoms with E-state index in [-0.39, 0.29) is 11.8 Å². The second-order valence-corrected chi connectivity index (χ2v) is 7.67. The molecule has 21 heavy (non-hydrogen) atoms. The number of ether oxygens (including phenoxy) is 2. The largest absolute Gasteiger partial charge is 0.350 e. The molecule has 1 aromatic heterocycles. The fraction of sp³-hybridized carbons (Fsp3) is 0.714. The Labute approximate surface area is 132 Å². The standard InChI is InChI=1S/C14H20N2O3S2/c1-3-16-13(17)12-10(8-9(2)21-12)15-14(16)20-7-4-11-18-5-6-19-11/h9,11H,3-8H2,1-2H3. The topological polar surface area (TPSA) is 53.4 Å². The Kier molecular flexibility index (Phi) is 4.93. The van der Waals surface area contributed by atoms with Crippen LogP contribution >= 0.6 is 23.5 Å². The maximum absolute atomic E-state index is 12.5. The van der Waals surface area contributed by atoms with Crippen molar-refractivity contribution in [3.8, 4) is 0 Å². The van der Waals surface area contributed by atoms with E-state index in [0.717, 1.165) is 34.3 Å². The quantitative estimate of drug-likeness (QED) is 0.610. The minimum Gasteiger partial charge on any atom is -0.350 e. The van der Waals surface area contributed by atoms with Crippen LogP contribution < -0.4 is 5.56 Å². The Bertz CT molecular complexity index is 570. The van der Waals surface area contributed by atoms with Crippen molar-refractivity contribution in [2.75, 3.05) is 19.0 Å². The van der Waals surface area contributed by atoms with E-state index in [1.54, 1.807) is 28.1 Å². The molecule has 1 unspecified atom stereocenters. The molecule has 2 aliphatic rings. The lowest BCUT2D eigenvalue weighted by molar-refractivity contribution is -0.0421. The zero-order chi connectivity index (χ0) is 14.8. The molecule has 1 atom stereocenters. The third-order valence-corrected chi connectivity index (χ3v) is 5.78. The number of hydrogen-bond donors (Lipinski definition) is 0. The lowest BCUT2D eigenvalue weighted by Crippen LogP contribution is -2.24. The zero-order valence-corrected chi connectivity index (χ0v) is 14.0. The first kappa shape index (κ1) is 15.4. The number of thioether (sulfide) groups is 2. The van der Waals surface area contributed by atoms with Crippen LogP contribution in [0, 0.1) is 0 Å². The predicted octanol–water partition coefficient (Wildman–Crippen LogP) is 2.16. The molecular formula is C14H20N2O3S2. The Morgan fingerprint density at radius 1 is 1.43 bits per heavy atom. The molecule has 3 rings (SSSR count). The Morgan fingerprint density at radius 2 is 2.19 bits per heavy atom. The molecule has 3 heterocycles. The SMILES string of the molecule is CCn1c(SCCC2OCCO2)nc2c(c1=O)SC(C)C2. The first-order chi connectivity index (χ1) is 10.2. The maximum atomic E-state index is 12.5. The summed E-state index contributed by atoms with van der Waals surface area (Å²) in [5.41, 5.74) is 1.09. The van der Waals surface area contributed by atoms with Crippen molar-refractivity contribution in [2.24, 2.45) is 0 Å². The van der Waals surface area contributed by atoms with Crippen LogP contribution in [-0.2, 0) is 22.4 Å². The lowest BCUT2D eigenvalue weighted by atomic mass is 10.2. The second kappa shape index (κ2) is 6.73. The Balaban J connectivity index is 1.73. The number of aromatic nitrogens is 2. The minimum absolute atomic E-state index is 0.0932. The van der Waals surface area contributed by atoms with Crippen molar-refractivity contribution in [3.05, 3.63) is 16.0 Å². The van der Waals surface area contributed by atoms with Crippen LogP contribution in [0.2, 0.25) is 0 Å². The molecule has 0 amide bonds. The highest BCUT2D eigenvalue weighted by Crippen LogP contribution is 2.34. The summed E-state index contributed by atoms with van der Waals surface area (Å²) in [6.45, 7) is 6.16. The summed E-state index contributed by atoms with van der Waals surface area (Å²) in [5, 5.41) is 1.28. The monoisotopic (exact) mass is 328 g/mol. The van der Waals surface area contributed by atoms with Gasteiger partial charge in [0.15, 0.2) is 11.4 Å². The molecule has 0 aliphatic carbocycles. The first-order valence-electron chi connectivity index (χ1n) is 7.35. The predicted molar refractivity (Wildman–Crippen MR) is 84.2 cm³/mol. The molecule has 1 fully saturated rings. The molecule has 0 bridgehead atoms. The molecule has 1 saturated heterocycles. The fourth-order valence-corrected chi connectivity index (χ4v) is 4.70. The molecule has 7 heteroatoms. The lowest BCUT2D eigenvalue weighted by Gasteiger charge is -2.12. The van der Waals surface area contributed by atoms with Crippen LogP contribution in [0.5, 0.6) is 0 Å². The number of rotatable bonds is 5. The second-order valence-electron chi connectivity index (χ2n) is 5.16. The highest BCUT2D eigenvalue weighted by molar-refractivity contribution is 8.00. The van der Waals surface area contributed by atoms with E-state index >= 15 is 0 Å². The number of nitrogens with zero attached hydrogens (tertiary/aromatic N) is 2. The third-order valence-electron chi connectivity index (χ3n) is 3.55. The molecule has 0 N–H and O–H groups in total. The average molecular weight is 328 g/mol. The van der Waals surface area contributed by atoms with Gasteiger partial charge in [0.25, 0.3) is 5.56 Å². The van der Waals surface area contributed by atoms with Crippen LogP contribution in [0.4, 0.5) is 0 Å². The van der Waals surface area contributed by atoms with Crippen molar-refractivity contribution in [1.82, 2.24) is 9.55 Å². The van der Waals surface area contributed by atoms with Crippen LogP contribution in [0.3, 0.4) is 0 Å². The van der Waals surface area contributed by atoms with Gasteiger partial charge in [-0.2, -0.15) is 0 Å². The average Bonchev–Trinajstić information content (AvgIpc) is 3.08. The van der Waals surface area contributed by atoms with Gasteiger partial charge in [0.1, 0.15) is 0 Å². The van der Waals surface area contributed by atoms with E-state index in [1.807, 2.05) is 6.92 Å². The van der Waals surface area contributed by atoms with Gasteiger partial charge in [0.2, 0.25) is 0 Å². The highest BCUT2D eigenvalue weighted by atomic mass is 32.2. The normalized spacial score (nSPS) is 21.9. The van der Waals surface area contributed by atoms with E-state index in [9.17, 15) is 4.79 Å².